The second-order valence-electron chi connectivity index (χ2n) is 8.83. The normalized spacial score (nSPS) is 22.4. The molecule has 0 radical (unpaired) electrons. The molecule has 6 heteroatoms. The number of nitrogens with zero attached hydrogens (tertiary/aromatic N) is 2. The summed E-state index contributed by atoms with van der Waals surface area (Å²) >= 11 is 0. The van der Waals surface area contributed by atoms with Gasteiger partial charge >= 0.3 is 0 Å². The van der Waals surface area contributed by atoms with E-state index in [4.69, 9.17) is 4.74 Å². The summed E-state index contributed by atoms with van der Waals surface area (Å²) in [6, 6.07) is 7.20. The molecule has 162 valence electrons. The lowest BCUT2D eigenvalue weighted by atomic mass is 9.95. The summed E-state index contributed by atoms with van der Waals surface area (Å²) < 4.78 is 20.4. The zero-order chi connectivity index (χ0) is 19.4. The Kier molecular flexibility index (Phi) is 8.19. The van der Waals surface area contributed by atoms with E-state index in [0.29, 0.717) is 6.10 Å². The number of likely N-dealkylation sites (tertiary alicyclic amines) is 1. The first-order valence-electron chi connectivity index (χ1n) is 11.0. The van der Waals surface area contributed by atoms with E-state index in [-0.39, 0.29) is 35.2 Å². The van der Waals surface area contributed by atoms with Crippen molar-refractivity contribution in [2.75, 3.05) is 33.3 Å². The molecule has 0 spiro atoms. The average molecular weight is 515 g/mol. The minimum absolute atomic E-state index is 0. The molecule has 3 aliphatic rings. The molecule has 4 nitrogen and oxygen atoms in total. The standard InChI is InChI=1S/C23H34FN3O.HI/c1-25-22(26-17-23(12-13-23)20-8-4-5-9-21(20)24)27-14-10-19(11-15-27)28-16-18-6-2-3-7-18;/h4-5,8-9,18-19H,2-3,6-7,10-17H2,1H3,(H,25,26);1H. The topological polar surface area (TPSA) is 36.9 Å². The second kappa shape index (κ2) is 10.4. The van der Waals surface area contributed by atoms with E-state index in [2.05, 4.69) is 15.2 Å². The number of rotatable bonds is 6. The van der Waals surface area contributed by atoms with Crippen LogP contribution in [-0.4, -0.2) is 50.3 Å². The molecule has 1 saturated heterocycles. The fourth-order valence-corrected chi connectivity index (χ4v) is 4.85. The van der Waals surface area contributed by atoms with Gasteiger partial charge in [0.2, 0.25) is 0 Å². The summed E-state index contributed by atoms with van der Waals surface area (Å²) in [6.07, 6.45) is 10.0. The molecular weight excluding hydrogens is 480 g/mol. The van der Waals surface area contributed by atoms with Crippen molar-refractivity contribution in [1.82, 2.24) is 10.2 Å². The lowest BCUT2D eigenvalue weighted by molar-refractivity contribution is 0.00101. The number of halogens is 2. The quantitative estimate of drug-likeness (QED) is 0.339. The van der Waals surface area contributed by atoms with E-state index in [9.17, 15) is 4.39 Å². The highest BCUT2D eigenvalue weighted by Crippen LogP contribution is 2.48. The molecular formula is C23H35FIN3O. The number of hydrogen-bond acceptors (Lipinski definition) is 2. The summed E-state index contributed by atoms with van der Waals surface area (Å²) in [7, 11) is 1.84. The Labute approximate surface area is 191 Å². The first kappa shape index (κ1) is 22.8. The molecule has 3 fully saturated rings. The third kappa shape index (κ3) is 5.63. The molecule has 4 rings (SSSR count). The van der Waals surface area contributed by atoms with Crippen molar-refractivity contribution in [3.05, 3.63) is 35.6 Å². The second-order valence-corrected chi connectivity index (χ2v) is 8.83. The van der Waals surface area contributed by atoms with Crippen LogP contribution in [0.3, 0.4) is 0 Å². The van der Waals surface area contributed by atoms with Crippen molar-refractivity contribution >= 4 is 29.9 Å². The predicted octanol–water partition coefficient (Wildman–Crippen LogP) is 4.72. The van der Waals surface area contributed by atoms with Crippen molar-refractivity contribution in [1.29, 1.82) is 0 Å². The number of nitrogens with one attached hydrogen (secondary N) is 1. The first-order valence-corrected chi connectivity index (χ1v) is 11.0. The molecule has 0 bridgehead atoms. The molecule has 29 heavy (non-hydrogen) atoms. The Bertz CT molecular complexity index is 680. The SMILES string of the molecule is CN=C(NCC1(c2ccccc2F)CC1)N1CCC(OCC2CCCC2)CC1.I. The predicted molar refractivity (Wildman–Crippen MR) is 127 cm³/mol. The summed E-state index contributed by atoms with van der Waals surface area (Å²) in [5.74, 6) is 1.65. The molecule has 0 unspecified atom stereocenters. The van der Waals surface area contributed by atoms with Gasteiger partial charge in [-0.1, -0.05) is 31.0 Å². The number of benzene rings is 1. The highest BCUT2D eigenvalue weighted by Gasteiger charge is 2.46. The third-order valence-electron chi connectivity index (χ3n) is 6.88. The highest BCUT2D eigenvalue weighted by atomic mass is 127. The van der Waals surface area contributed by atoms with Gasteiger partial charge in [-0.05, 0) is 56.1 Å². The number of hydrogen-bond donors (Lipinski definition) is 1. The van der Waals surface area contributed by atoms with Crippen LogP contribution in [0.15, 0.2) is 29.3 Å². The maximum absolute atomic E-state index is 14.2. The Balaban J connectivity index is 0.00000240. The molecule has 1 aliphatic heterocycles. The number of aliphatic imine (C=N–C) groups is 1. The fraction of sp³-hybridized carbons (Fsp3) is 0.696. The average Bonchev–Trinajstić information content (AvgIpc) is 3.32. The van der Waals surface area contributed by atoms with Crippen LogP contribution in [0.25, 0.3) is 0 Å². The van der Waals surface area contributed by atoms with Gasteiger partial charge in [0.25, 0.3) is 0 Å². The minimum atomic E-state index is -0.0861. The van der Waals surface area contributed by atoms with Crippen molar-refractivity contribution in [3.8, 4) is 0 Å². The van der Waals surface area contributed by atoms with Crippen LogP contribution in [0.4, 0.5) is 4.39 Å². The van der Waals surface area contributed by atoms with E-state index < -0.39 is 0 Å². The molecule has 2 saturated carbocycles. The molecule has 0 aromatic heterocycles. The zero-order valence-corrected chi connectivity index (χ0v) is 19.9. The van der Waals surface area contributed by atoms with Crippen LogP contribution >= 0.6 is 24.0 Å². The van der Waals surface area contributed by atoms with Gasteiger partial charge < -0.3 is 15.0 Å². The Hall–Kier alpha value is -0.890. The Morgan fingerprint density at radius 3 is 2.48 bits per heavy atom. The largest absolute Gasteiger partial charge is 0.378 e. The number of guanidine groups is 1. The third-order valence-corrected chi connectivity index (χ3v) is 6.88. The maximum Gasteiger partial charge on any atom is 0.193 e. The van der Waals surface area contributed by atoms with E-state index >= 15 is 0 Å². The molecule has 1 heterocycles. The summed E-state index contributed by atoms with van der Waals surface area (Å²) in [6.45, 7) is 3.64. The Morgan fingerprint density at radius 2 is 1.86 bits per heavy atom. The number of piperidine rings is 1. The lowest BCUT2D eigenvalue weighted by Crippen LogP contribution is -2.48. The van der Waals surface area contributed by atoms with Crippen molar-refractivity contribution in [2.24, 2.45) is 10.9 Å². The van der Waals surface area contributed by atoms with Crippen LogP contribution in [0.2, 0.25) is 0 Å². The monoisotopic (exact) mass is 515 g/mol. The molecule has 2 aliphatic carbocycles. The molecule has 0 amide bonds. The van der Waals surface area contributed by atoms with Gasteiger partial charge in [0.15, 0.2) is 5.96 Å². The minimum Gasteiger partial charge on any atom is -0.378 e. The molecule has 1 aromatic carbocycles. The highest BCUT2D eigenvalue weighted by molar-refractivity contribution is 14.0. The van der Waals surface area contributed by atoms with Gasteiger partial charge in [-0.2, -0.15) is 0 Å². The van der Waals surface area contributed by atoms with E-state index in [1.807, 2.05) is 19.2 Å². The van der Waals surface area contributed by atoms with Crippen LogP contribution in [-0.2, 0) is 10.2 Å². The van der Waals surface area contributed by atoms with Crippen molar-refractivity contribution in [2.45, 2.75) is 62.9 Å². The Morgan fingerprint density at radius 1 is 1.17 bits per heavy atom. The summed E-state index contributed by atoms with van der Waals surface area (Å²) in [4.78, 5) is 6.82. The molecule has 1 aromatic rings. The van der Waals surface area contributed by atoms with Gasteiger partial charge in [-0.15, -0.1) is 24.0 Å². The van der Waals surface area contributed by atoms with Crippen LogP contribution < -0.4 is 5.32 Å². The van der Waals surface area contributed by atoms with Gasteiger partial charge in [0.1, 0.15) is 5.82 Å². The van der Waals surface area contributed by atoms with Gasteiger partial charge in [0, 0.05) is 38.7 Å². The van der Waals surface area contributed by atoms with Crippen molar-refractivity contribution < 1.29 is 9.13 Å². The zero-order valence-electron chi connectivity index (χ0n) is 17.5. The number of ether oxygens (including phenoxy) is 1. The maximum atomic E-state index is 14.2. The van der Waals surface area contributed by atoms with Crippen LogP contribution in [0.1, 0.15) is 56.9 Å². The van der Waals surface area contributed by atoms with Crippen molar-refractivity contribution in [3.63, 3.8) is 0 Å². The van der Waals surface area contributed by atoms with Crippen LogP contribution in [0.5, 0.6) is 0 Å². The lowest BCUT2D eigenvalue weighted by Gasteiger charge is -2.35. The van der Waals surface area contributed by atoms with Crippen LogP contribution in [0, 0.1) is 11.7 Å². The van der Waals surface area contributed by atoms with Gasteiger partial charge in [0.05, 0.1) is 6.10 Å². The van der Waals surface area contributed by atoms with Gasteiger partial charge in [-0.25, -0.2) is 4.39 Å². The first-order chi connectivity index (χ1) is 13.7. The summed E-state index contributed by atoms with van der Waals surface area (Å²) in [5.41, 5.74) is 0.779. The van der Waals surface area contributed by atoms with E-state index in [1.54, 1.807) is 12.1 Å². The molecule has 0 atom stereocenters. The van der Waals surface area contributed by atoms with Gasteiger partial charge in [-0.3, -0.25) is 4.99 Å². The smallest absolute Gasteiger partial charge is 0.193 e. The van der Waals surface area contributed by atoms with E-state index in [1.165, 1.54) is 25.7 Å². The fourth-order valence-electron chi connectivity index (χ4n) is 4.85. The summed E-state index contributed by atoms with van der Waals surface area (Å²) in [5, 5.41) is 3.53. The van der Waals surface area contributed by atoms with E-state index in [0.717, 1.165) is 69.4 Å². The molecule has 1 N–H and O–H groups in total.